The van der Waals surface area contributed by atoms with E-state index < -0.39 is 0 Å². The first-order valence-corrected chi connectivity index (χ1v) is 6.76. The van der Waals surface area contributed by atoms with Crippen molar-refractivity contribution in [3.63, 3.8) is 0 Å². The number of rotatable bonds is 5. The minimum Gasteiger partial charge on any atom is -0.310 e. The lowest BCUT2D eigenvalue weighted by molar-refractivity contribution is 0.302. The van der Waals surface area contributed by atoms with E-state index >= 15 is 0 Å². The maximum atomic E-state index is 4.35. The van der Waals surface area contributed by atoms with Crippen LogP contribution in [0.3, 0.4) is 0 Å². The van der Waals surface area contributed by atoms with Crippen LogP contribution >= 0.6 is 31.9 Å². The van der Waals surface area contributed by atoms with Gasteiger partial charge in [0.2, 0.25) is 0 Å². The first-order valence-electron chi connectivity index (χ1n) is 5.17. The minimum absolute atomic E-state index is 0.522. The zero-order chi connectivity index (χ0) is 12.1. The van der Waals surface area contributed by atoms with Crippen LogP contribution in [0.2, 0.25) is 0 Å². The van der Waals surface area contributed by atoms with Crippen LogP contribution in [0, 0.1) is 0 Å². The second-order valence-electron chi connectivity index (χ2n) is 4.03. The SMILES string of the molecule is CC(CNCc1ncc(Br)cc1Br)N(C)C. The van der Waals surface area contributed by atoms with E-state index in [0.29, 0.717) is 6.04 Å². The van der Waals surface area contributed by atoms with Crippen molar-refractivity contribution >= 4 is 31.9 Å². The zero-order valence-electron chi connectivity index (χ0n) is 9.80. The molecule has 3 nitrogen and oxygen atoms in total. The Labute approximate surface area is 114 Å². The van der Waals surface area contributed by atoms with Crippen molar-refractivity contribution < 1.29 is 0 Å². The Kier molecular flexibility index (Phi) is 5.89. The molecule has 0 aliphatic carbocycles. The molecular formula is C11H17Br2N3. The summed E-state index contributed by atoms with van der Waals surface area (Å²) in [5, 5.41) is 3.39. The third-order valence-electron chi connectivity index (χ3n) is 2.50. The van der Waals surface area contributed by atoms with Gasteiger partial charge in [-0.25, -0.2) is 0 Å². The van der Waals surface area contributed by atoms with Crippen molar-refractivity contribution in [3.05, 3.63) is 26.9 Å². The molecule has 0 fully saturated rings. The van der Waals surface area contributed by atoms with Gasteiger partial charge in [-0.15, -0.1) is 0 Å². The standard InChI is InChI=1S/C11H17Br2N3/c1-8(16(2)3)5-14-7-11-10(13)4-9(12)6-15-11/h4,6,8,14H,5,7H2,1-3H3. The first kappa shape index (κ1) is 14.1. The largest absolute Gasteiger partial charge is 0.310 e. The molecule has 0 spiro atoms. The molecule has 1 N–H and O–H groups in total. The van der Waals surface area contributed by atoms with Crippen molar-refractivity contribution in [3.8, 4) is 0 Å². The van der Waals surface area contributed by atoms with E-state index in [-0.39, 0.29) is 0 Å². The summed E-state index contributed by atoms with van der Waals surface area (Å²) in [6.45, 7) is 3.93. The number of nitrogens with zero attached hydrogens (tertiary/aromatic N) is 2. The Morgan fingerprint density at radius 1 is 1.44 bits per heavy atom. The highest BCUT2D eigenvalue weighted by molar-refractivity contribution is 9.11. The van der Waals surface area contributed by atoms with Crippen LogP contribution in [-0.2, 0) is 6.54 Å². The first-order chi connectivity index (χ1) is 7.50. The Morgan fingerprint density at radius 2 is 2.12 bits per heavy atom. The molecule has 1 aromatic heterocycles. The lowest BCUT2D eigenvalue weighted by Gasteiger charge is -2.20. The summed E-state index contributed by atoms with van der Waals surface area (Å²) < 4.78 is 2.02. The third kappa shape index (κ3) is 4.49. The predicted molar refractivity (Wildman–Crippen MR) is 74.5 cm³/mol. The van der Waals surface area contributed by atoms with Crippen molar-refractivity contribution in [2.45, 2.75) is 19.5 Å². The van der Waals surface area contributed by atoms with Gasteiger partial charge < -0.3 is 10.2 Å². The smallest absolute Gasteiger partial charge is 0.0684 e. The topological polar surface area (TPSA) is 28.2 Å². The Balaban J connectivity index is 2.43. The lowest BCUT2D eigenvalue weighted by atomic mass is 10.3. The van der Waals surface area contributed by atoms with Gasteiger partial charge in [-0.2, -0.15) is 0 Å². The van der Waals surface area contributed by atoms with Crippen molar-refractivity contribution in [2.24, 2.45) is 0 Å². The molecule has 0 amide bonds. The summed E-state index contributed by atoms with van der Waals surface area (Å²) in [6, 6.07) is 2.54. The van der Waals surface area contributed by atoms with Gasteiger partial charge in [-0.3, -0.25) is 4.98 Å². The monoisotopic (exact) mass is 349 g/mol. The molecule has 0 aliphatic heterocycles. The second kappa shape index (κ2) is 6.69. The molecule has 1 atom stereocenters. The van der Waals surface area contributed by atoms with Gasteiger partial charge in [-0.05, 0) is 58.9 Å². The molecular weight excluding hydrogens is 334 g/mol. The van der Waals surface area contributed by atoms with Crippen LogP contribution < -0.4 is 5.32 Å². The Morgan fingerprint density at radius 3 is 2.69 bits per heavy atom. The molecule has 1 aromatic rings. The third-order valence-corrected chi connectivity index (χ3v) is 3.62. The number of likely N-dealkylation sites (N-methyl/N-ethyl adjacent to an activating group) is 1. The molecule has 0 aromatic carbocycles. The van der Waals surface area contributed by atoms with Crippen LogP contribution in [-0.4, -0.2) is 36.6 Å². The maximum absolute atomic E-state index is 4.35. The Bertz CT molecular complexity index is 342. The molecule has 5 heteroatoms. The van der Waals surface area contributed by atoms with Gasteiger partial charge >= 0.3 is 0 Å². The van der Waals surface area contributed by atoms with E-state index in [1.165, 1.54) is 0 Å². The quantitative estimate of drug-likeness (QED) is 0.884. The van der Waals surface area contributed by atoms with Gasteiger partial charge in [0.05, 0.1) is 5.69 Å². The highest BCUT2D eigenvalue weighted by atomic mass is 79.9. The second-order valence-corrected chi connectivity index (χ2v) is 5.80. The summed E-state index contributed by atoms with van der Waals surface area (Å²) in [5.41, 5.74) is 1.04. The Hall–Kier alpha value is 0.0300. The lowest BCUT2D eigenvalue weighted by Crippen LogP contribution is -2.35. The maximum Gasteiger partial charge on any atom is 0.0684 e. The average Bonchev–Trinajstić information content (AvgIpc) is 2.20. The highest BCUT2D eigenvalue weighted by Crippen LogP contribution is 2.19. The summed E-state index contributed by atoms with van der Waals surface area (Å²) >= 11 is 6.89. The van der Waals surface area contributed by atoms with Gasteiger partial charge in [0.1, 0.15) is 0 Å². The number of aromatic nitrogens is 1. The molecule has 0 saturated carbocycles. The van der Waals surface area contributed by atoms with Gasteiger partial charge in [0.25, 0.3) is 0 Å². The summed E-state index contributed by atoms with van der Waals surface area (Å²) in [5.74, 6) is 0. The number of hydrogen-bond donors (Lipinski definition) is 1. The molecule has 1 rings (SSSR count). The average molecular weight is 351 g/mol. The summed E-state index contributed by atoms with van der Waals surface area (Å²) in [7, 11) is 4.17. The number of halogens is 2. The van der Waals surface area contributed by atoms with E-state index in [2.05, 4.69) is 68.1 Å². The van der Waals surface area contributed by atoms with Crippen molar-refractivity contribution in [1.82, 2.24) is 15.2 Å². The number of pyridine rings is 1. The number of nitrogens with one attached hydrogen (secondary N) is 1. The fraction of sp³-hybridized carbons (Fsp3) is 0.545. The summed E-state index contributed by atoms with van der Waals surface area (Å²) in [6.07, 6.45) is 1.82. The van der Waals surface area contributed by atoms with E-state index in [9.17, 15) is 0 Å². The van der Waals surface area contributed by atoms with Crippen LogP contribution in [0.25, 0.3) is 0 Å². The fourth-order valence-corrected chi connectivity index (χ4v) is 2.28. The van der Waals surface area contributed by atoms with Crippen LogP contribution in [0.15, 0.2) is 21.2 Å². The van der Waals surface area contributed by atoms with E-state index in [0.717, 1.165) is 27.7 Å². The zero-order valence-corrected chi connectivity index (χ0v) is 13.0. The normalized spacial score (nSPS) is 13.1. The molecule has 0 radical (unpaired) electrons. The molecule has 90 valence electrons. The van der Waals surface area contributed by atoms with Gasteiger partial charge in [-0.1, -0.05) is 0 Å². The fourth-order valence-electron chi connectivity index (χ4n) is 1.15. The van der Waals surface area contributed by atoms with E-state index in [4.69, 9.17) is 0 Å². The number of hydrogen-bond acceptors (Lipinski definition) is 3. The van der Waals surface area contributed by atoms with Crippen LogP contribution in [0.5, 0.6) is 0 Å². The van der Waals surface area contributed by atoms with Gasteiger partial charge in [0, 0.05) is 34.3 Å². The molecule has 16 heavy (non-hydrogen) atoms. The van der Waals surface area contributed by atoms with Crippen molar-refractivity contribution in [1.29, 1.82) is 0 Å². The van der Waals surface area contributed by atoms with Crippen LogP contribution in [0.1, 0.15) is 12.6 Å². The van der Waals surface area contributed by atoms with E-state index in [1.807, 2.05) is 12.3 Å². The molecule has 0 aliphatic rings. The van der Waals surface area contributed by atoms with Gasteiger partial charge in [0.15, 0.2) is 0 Å². The van der Waals surface area contributed by atoms with Crippen molar-refractivity contribution in [2.75, 3.05) is 20.6 Å². The molecule has 1 unspecified atom stereocenters. The molecule has 0 bridgehead atoms. The highest BCUT2D eigenvalue weighted by Gasteiger charge is 2.05. The summed E-state index contributed by atoms with van der Waals surface area (Å²) in [4.78, 5) is 6.54. The molecule has 0 saturated heterocycles. The van der Waals surface area contributed by atoms with E-state index in [1.54, 1.807) is 0 Å². The molecule has 1 heterocycles. The predicted octanol–water partition coefficient (Wildman–Crippen LogP) is 2.65. The minimum atomic E-state index is 0.522. The van der Waals surface area contributed by atoms with Crippen LogP contribution in [0.4, 0.5) is 0 Å².